The number of methoxy groups -OCH3 is 1. The predicted octanol–water partition coefficient (Wildman–Crippen LogP) is 0.110. The zero-order valence-corrected chi connectivity index (χ0v) is 10.1. The first kappa shape index (κ1) is 13.4. The van der Waals surface area contributed by atoms with E-state index in [0.717, 1.165) is 0 Å². The fourth-order valence-electron chi connectivity index (χ4n) is 1.57. The van der Waals surface area contributed by atoms with Gasteiger partial charge in [0.05, 0.1) is 7.11 Å². The molecule has 0 aromatic heterocycles. The number of hydrogen-bond acceptors (Lipinski definition) is 5. The first-order valence-electron chi connectivity index (χ1n) is 5.39. The van der Waals surface area contributed by atoms with Crippen LogP contribution in [0.25, 0.3) is 0 Å². The molecule has 17 heavy (non-hydrogen) atoms. The molecule has 7 heteroatoms. The van der Waals surface area contributed by atoms with Crippen molar-refractivity contribution in [2.75, 3.05) is 7.11 Å². The summed E-state index contributed by atoms with van der Waals surface area (Å²) in [5, 5.41) is 13.0. The Kier molecular flexibility index (Phi) is 3.69. The molecule has 96 valence electrons. The second-order valence-electron chi connectivity index (χ2n) is 4.36. The maximum absolute atomic E-state index is 11.7. The van der Waals surface area contributed by atoms with E-state index in [-0.39, 0.29) is 6.42 Å². The van der Waals surface area contributed by atoms with Gasteiger partial charge in [0.2, 0.25) is 11.9 Å². The number of ether oxygens (including phenoxy) is 1. The highest BCUT2D eigenvalue weighted by Gasteiger charge is 2.54. The molecule has 0 saturated heterocycles. The fourth-order valence-corrected chi connectivity index (χ4v) is 1.57. The van der Waals surface area contributed by atoms with Crippen LogP contribution in [0.3, 0.4) is 0 Å². The van der Waals surface area contributed by atoms with Crippen molar-refractivity contribution in [1.82, 2.24) is 5.32 Å². The summed E-state index contributed by atoms with van der Waals surface area (Å²) in [6.07, 6.45) is 0.598. The average Bonchev–Trinajstić information content (AvgIpc) is 3.07. The Morgan fingerprint density at radius 1 is 1.59 bits per heavy atom. The first-order valence-corrected chi connectivity index (χ1v) is 5.39. The van der Waals surface area contributed by atoms with Crippen molar-refractivity contribution < 1.29 is 19.2 Å². The van der Waals surface area contributed by atoms with Crippen LogP contribution in [0, 0.1) is 16.0 Å². The molecule has 1 rings (SSSR count). The van der Waals surface area contributed by atoms with E-state index >= 15 is 0 Å². The number of nitro groups is 1. The minimum absolute atomic E-state index is 0.236. The molecule has 1 fully saturated rings. The van der Waals surface area contributed by atoms with Gasteiger partial charge < -0.3 is 10.1 Å². The molecule has 1 aliphatic rings. The highest BCUT2D eigenvalue weighted by molar-refractivity contribution is 5.90. The van der Waals surface area contributed by atoms with Crippen molar-refractivity contribution in [3.8, 4) is 0 Å². The minimum atomic E-state index is -1.12. The number of nitrogens with one attached hydrogen (secondary N) is 1. The quantitative estimate of drug-likeness (QED) is 0.420. The molecule has 1 amide bonds. The van der Waals surface area contributed by atoms with Gasteiger partial charge in [-0.2, -0.15) is 0 Å². The van der Waals surface area contributed by atoms with Crippen molar-refractivity contribution in [3.63, 3.8) is 0 Å². The summed E-state index contributed by atoms with van der Waals surface area (Å²) in [5.41, 5.74) is -1.12. The van der Waals surface area contributed by atoms with Crippen LogP contribution < -0.4 is 5.32 Å². The number of nitrogens with zero attached hydrogens (tertiary/aromatic N) is 1. The van der Waals surface area contributed by atoms with Crippen molar-refractivity contribution in [2.24, 2.45) is 5.92 Å². The van der Waals surface area contributed by atoms with E-state index in [9.17, 15) is 19.7 Å². The first-order chi connectivity index (χ1) is 7.85. The summed E-state index contributed by atoms with van der Waals surface area (Å²) < 4.78 is 4.59. The summed E-state index contributed by atoms with van der Waals surface area (Å²) in [6, 6.07) is -0.811. The van der Waals surface area contributed by atoms with Gasteiger partial charge in [-0.15, -0.1) is 0 Å². The molecular formula is C10H16N2O5. The molecule has 1 N–H and O–H groups in total. The molecule has 0 unspecified atom stereocenters. The Morgan fingerprint density at radius 2 is 2.18 bits per heavy atom. The zero-order chi connectivity index (χ0) is 13.2. The smallest absolute Gasteiger partial charge is 0.331 e. The molecular weight excluding hydrogens is 228 g/mol. The van der Waals surface area contributed by atoms with Crippen LogP contribution in [0.5, 0.6) is 0 Å². The number of carbonyl (C=O) groups excluding carboxylic acids is 2. The standard InChI is InChI=1S/C10H16N2O5/c1-4-10(2,9(14)17-3)11-8(13)6-5-7(6)12(15)16/h6-7H,4-5H2,1-3H3,(H,11,13)/t6-,7-,10-/m0/s1. The van der Waals surface area contributed by atoms with Gasteiger partial charge >= 0.3 is 5.97 Å². The second-order valence-corrected chi connectivity index (χ2v) is 4.36. The summed E-state index contributed by atoms with van der Waals surface area (Å²) in [7, 11) is 1.24. The number of amides is 1. The Balaban J connectivity index is 2.61. The summed E-state index contributed by atoms with van der Waals surface area (Å²) in [6.45, 7) is 3.27. The number of carbonyl (C=O) groups is 2. The van der Waals surface area contributed by atoms with Gasteiger partial charge in [0.1, 0.15) is 11.5 Å². The Morgan fingerprint density at radius 3 is 2.53 bits per heavy atom. The van der Waals surface area contributed by atoms with Crippen LogP contribution in [-0.2, 0) is 14.3 Å². The van der Waals surface area contributed by atoms with E-state index in [0.29, 0.717) is 6.42 Å². The van der Waals surface area contributed by atoms with E-state index in [1.165, 1.54) is 7.11 Å². The number of esters is 1. The maximum atomic E-state index is 11.7. The van der Waals surface area contributed by atoms with Crippen LogP contribution in [0.4, 0.5) is 0 Å². The molecule has 0 aromatic rings. The molecule has 0 spiro atoms. The van der Waals surface area contributed by atoms with Crippen LogP contribution in [0.1, 0.15) is 26.7 Å². The lowest BCUT2D eigenvalue weighted by Gasteiger charge is -2.26. The Labute approximate surface area is 98.7 Å². The molecule has 1 aliphatic carbocycles. The van der Waals surface area contributed by atoms with Crippen molar-refractivity contribution >= 4 is 11.9 Å². The minimum Gasteiger partial charge on any atom is -0.467 e. The van der Waals surface area contributed by atoms with Gasteiger partial charge in [-0.1, -0.05) is 6.92 Å². The summed E-state index contributed by atoms with van der Waals surface area (Å²) in [5.74, 6) is -1.63. The third-order valence-electron chi connectivity index (χ3n) is 3.11. The third-order valence-corrected chi connectivity index (χ3v) is 3.11. The maximum Gasteiger partial charge on any atom is 0.331 e. The van der Waals surface area contributed by atoms with Crippen LogP contribution >= 0.6 is 0 Å². The molecule has 0 heterocycles. The van der Waals surface area contributed by atoms with E-state index in [1.54, 1.807) is 13.8 Å². The lowest BCUT2D eigenvalue weighted by molar-refractivity contribution is -0.497. The molecule has 0 bridgehead atoms. The predicted molar refractivity (Wildman–Crippen MR) is 57.7 cm³/mol. The van der Waals surface area contributed by atoms with Gasteiger partial charge in [-0.3, -0.25) is 14.9 Å². The lowest BCUT2D eigenvalue weighted by atomic mass is 9.99. The number of hydrogen-bond donors (Lipinski definition) is 1. The average molecular weight is 244 g/mol. The van der Waals surface area contributed by atoms with Crippen molar-refractivity contribution in [2.45, 2.75) is 38.3 Å². The van der Waals surface area contributed by atoms with Gasteiger partial charge in [0.15, 0.2) is 0 Å². The lowest BCUT2D eigenvalue weighted by Crippen LogP contribution is -2.53. The largest absolute Gasteiger partial charge is 0.467 e. The molecule has 0 aliphatic heterocycles. The van der Waals surface area contributed by atoms with Gasteiger partial charge in [0, 0.05) is 11.3 Å². The van der Waals surface area contributed by atoms with Crippen LogP contribution in [-0.4, -0.2) is 35.5 Å². The zero-order valence-electron chi connectivity index (χ0n) is 10.1. The Bertz CT molecular complexity index is 357. The van der Waals surface area contributed by atoms with Gasteiger partial charge in [-0.05, 0) is 13.3 Å². The van der Waals surface area contributed by atoms with Gasteiger partial charge in [0.25, 0.3) is 0 Å². The molecule has 3 atom stereocenters. The topological polar surface area (TPSA) is 98.5 Å². The molecule has 0 radical (unpaired) electrons. The highest BCUT2D eigenvalue weighted by Crippen LogP contribution is 2.33. The van der Waals surface area contributed by atoms with E-state index < -0.39 is 34.3 Å². The van der Waals surface area contributed by atoms with Crippen LogP contribution in [0.15, 0.2) is 0 Å². The normalized spacial score (nSPS) is 25.6. The van der Waals surface area contributed by atoms with Crippen molar-refractivity contribution in [1.29, 1.82) is 0 Å². The van der Waals surface area contributed by atoms with Gasteiger partial charge in [-0.25, -0.2) is 4.79 Å². The van der Waals surface area contributed by atoms with E-state index in [2.05, 4.69) is 10.1 Å². The molecule has 0 aromatic carbocycles. The Hall–Kier alpha value is -1.66. The second kappa shape index (κ2) is 4.68. The SMILES string of the molecule is CC[C@](C)(NC(=O)[C@H]1C[C@@H]1[N+](=O)[O-])C(=O)OC. The third kappa shape index (κ3) is 2.72. The number of rotatable bonds is 5. The molecule has 1 saturated carbocycles. The monoisotopic (exact) mass is 244 g/mol. The summed E-state index contributed by atoms with van der Waals surface area (Å²) >= 11 is 0. The molecule has 7 nitrogen and oxygen atoms in total. The van der Waals surface area contributed by atoms with E-state index in [4.69, 9.17) is 0 Å². The van der Waals surface area contributed by atoms with E-state index in [1.807, 2.05) is 0 Å². The van der Waals surface area contributed by atoms with Crippen LogP contribution in [0.2, 0.25) is 0 Å². The van der Waals surface area contributed by atoms with Crippen molar-refractivity contribution in [3.05, 3.63) is 10.1 Å². The summed E-state index contributed by atoms with van der Waals surface area (Å²) in [4.78, 5) is 33.1. The fraction of sp³-hybridized carbons (Fsp3) is 0.800. The highest BCUT2D eigenvalue weighted by atomic mass is 16.6.